The summed E-state index contributed by atoms with van der Waals surface area (Å²) in [5, 5.41) is 7.38. The number of fused-ring (bicyclic) bond motifs is 13. The molecule has 12 rings (SSSR count). The average Bonchev–Trinajstić information content (AvgIpc) is 3.67. The number of aromatic nitrogens is 4. The molecule has 52 heavy (non-hydrogen) atoms. The number of hydrogen-bond donors (Lipinski definition) is 0. The zero-order valence-corrected chi connectivity index (χ0v) is 28.0. The lowest BCUT2D eigenvalue weighted by Gasteiger charge is -2.12. The molecule has 3 aromatic heterocycles. The summed E-state index contributed by atoms with van der Waals surface area (Å²) in [6.07, 6.45) is 0. The molecule has 4 heterocycles. The maximum atomic E-state index is 5.31. The molecule has 8 aromatic carbocycles. The van der Waals surface area contributed by atoms with E-state index in [1.54, 1.807) is 0 Å². The zero-order valence-electron chi connectivity index (χ0n) is 28.0. The van der Waals surface area contributed by atoms with Gasteiger partial charge in [0.15, 0.2) is 5.82 Å². The second-order valence-corrected chi connectivity index (χ2v) is 13.8. The highest BCUT2D eigenvalue weighted by atomic mass is 15.1. The van der Waals surface area contributed by atoms with E-state index in [0.29, 0.717) is 0 Å². The number of rotatable bonds is 2. The lowest BCUT2D eigenvalue weighted by Crippen LogP contribution is -2.02. The van der Waals surface area contributed by atoms with E-state index >= 15 is 0 Å². The maximum absolute atomic E-state index is 5.31. The van der Waals surface area contributed by atoms with Gasteiger partial charge in [0.1, 0.15) is 5.69 Å². The van der Waals surface area contributed by atoms with E-state index in [1.807, 2.05) is 12.1 Å². The number of para-hydroxylation sites is 4. The van der Waals surface area contributed by atoms with Crippen molar-refractivity contribution < 1.29 is 0 Å². The lowest BCUT2D eigenvalue weighted by atomic mass is 9.92. The highest BCUT2D eigenvalue weighted by Gasteiger charge is 2.27. The summed E-state index contributed by atoms with van der Waals surface area (Å²) < 4.78 is 4.75. The van der Waals surface area contributed by atoms with Gasteiger partial charge in [-0.3, -0.25) is 4.57 Å². The predicted molar refractivity (Wildman–Crippen MR) is 216 cm³/mol. The summed E-state index contributed by atoms with van der Waals surface area (Å²) in [5.74, 6) is 0.867. The van der Waals surface area contributed by atoms with Crippen molar-refractivity contribution in [2.75, 3.05) is 0 Å². The Balaban J connectivity index is 1.18. The van der Waals surface area contributed by atoms with Crippen LogP contribution in [0.2, 0.25) is 0 Å². The van der Waals surface area contributed by atoms with Crippen LogP contribution in [-0.4, -0.2) is 19.1 Å². The molecular weight excluding hydrogens is 633 g/mol. The molecule has 0 aliphatic carbocycles. The summed E-state index contributed by atoms with van der Waals surface area (Å²) in [4.78, 5) is 10.6. The fourth-order valence-electron chi connectivity index (χ4n) is 8.68. The molecule has 0 saturated heterocycles. The van der Waals surface area contributed by atoms with Crippen molar-refractivity contribution in [1.82, 2.24) is 19.1 Å². The van der Waals surface area contributed by atoms with Gasteiger partial charge in [-0.25, -0.2) is 9.97 Å². The minimum Gasteiger partial charge on any atom is -0.309 e. The Morgan fingerprint density at radius 1 is 0.365 bits per heavy atom. The van der Waals surface area contributed by atoms with Gasteiger partial charge < -0.3 is 4.57 Å². The first-order valence-electron chi connectivity index (χ1n) is 17.8. The Morgan fingerprint density at radius 2 is 1.02 bits per heavy atom. The quantitative estimate of drug-likeness (QED) is 0.185. The molecule has 0 atom stereocenters. The Kier molecular flexibility index (Phi) is 5.47. The summed E-state index contributed by atoms with van der Waals surface area (Å²) in [6.45, 7) is 0. The van der Waals surface area contributed by atoms with Gasteiger partial charge in [0, 0.05) is 38.4 Å². The SMILES string of the molecule is c1ccc(-n2c3ccc(-c4cc5c6c(c4)c4ccccc4n6-c4nc6ccccc6nc4-c4ccccc4-5)cc3c3cc4ccccc4cc32)cc1. The topological polar surface area (TPSA) is 35.6 Å². The highest BCUT2D eigenvalue weighted by Crippen LogP contribution is 2.48. The van der Waals surface area contributed by atoms with Gasteiger partial charge in [0.05, 0.1) is 33.1 Å². The number of nitrogens with zero attached hydrogens (tertiary/aromatic N) is 4. The second kappa shape index (κ2) is 10.3. The van der Waals surface area contributed by atoms with E-state index in [2.05, 4.69) is 167 Å². The molecule has 0 unspecified atom stereocenters. The molecule has 0 saturated carbocycles. The molecule has 0 amide bonds. The first-order chi connectivity index (χ1) is 25.8. The van der Waals surface area contributed by atoms with Crippen molar-refractivity contribution in [2.24, 2.45) is 0 Å². The maximum Gasteiger partial charge on any atom is 0.165 e. The summed E-state index contributed by atoms with van der Waals surface area (Å²) >= 11 is 0. The van der Waals surface area contributed by atoms with Crippen LogP contribution in [0, 0.1) is 0 Å². The summed E-state index contributed by atoms with van der Waals surface area (Å²) in [5.41, 5.74) is 14.3. The molecule has 1 aliphatic heterocycles. The summed E-state index contributed by atoms with van der Waals surface area (Å²) in [7, 11) is 0. The molecule has 0 radical (unpaired) electrons. The Labute approximate surface area is 298 Å². The molecule has 0 fully saturated rings. The van der Waals surface area contributed by atoms with Crippen molar-refractivity contribution in [2.45, 2.75) is 0 Å². The van der Waals surface area contributed by atoms with E-state index < -0.39 is 0 Å². The third kappa shape index (κ3) is 3.75. The van der Waals surface area contributed by atoms with Crippen molar-refractivity contribution in [1.29, 1.82) is 0 Å². The van der Waals surface area contributed by atoms with Gasteiger partial charge in [-0.1, -0.05) is 103 Å². The van der Waals surface area contributed by atoms with E-state index in [0.717, 1.165) is 50.4 Å². The van der Waals surface area contributed by atoms with Gasteiger partial charge in [0.2, 0.25) is 0 Å². The van der Waals surface area contributed by atoms with Gasteiger partial charge in [-0.2, -0.15) is 0 Å². The van der Waals surface area contributed by atoms with E-state index in [-0.39, 0.29) is 0 Å². The second-order valence-electron chi connectivity index (χ2n) is 13.8. The van der Waals surface area contributed by atoms with E-state index in [4.69, 9.17) is 9.97 Å². The summed E-state index contributed by atoms with van der Waals surface area (Å²) in [6, 6.07) is 61.4. The molecular formula is C48H28N4. The molecule has 4 heteroatoms. The van der Waals surface area contributed by atoms with Crippen molar-refractivity contribution in [3.8, 4) is 45.0 Å². The van der Waals surface area contributed by atoms with Crippen molar-refractivity contribution in [3.63, 3.8) is 0 Å². The largest absolute Gasteiger partial charge is 0.309 e. The fourth-order valence-corrected chi connectivity index (χ4v) is 8.68. The molecule has 4 nitrogen and oxygen atoms in total. The lowest BCUT2D eigenvalue weighted by molar-refractivity contribution is 1.09. The average molecular weight is 661 g/mol. The van der Waals surface area contributed by atoms with Crippen LogP contribution >= 0.6 is 0 Å². The third-order valence-electron chi connectivity index (χ3n) is 11.0. The molecule has 1 aliphatic rings. The van der Waals surface area contributed by atoms with Crippen LogP contribution in [-0.2, 0) is 0 Å². The van der Waals surface area contributed by atoms with Crippen LogP contribution in [0.1, 0.15) is 0 Å². The van der Waals surface area contributed by atoms with Gasteiger partial charge in [-0.05, 0) is 94.2 Å². The van der Waals surface area contributed by atoms with Crippen LogP contribution < -0.4 is 0 Å². The van der Waals surface area contributed by atoms with Crippen LogP contribution in [0.4, 0.5) is 0 Å². The molecule has 11 aromatic rings. The van der Waals surface area contributed by atoms with Crippen LogP contribution in [0.3, 0.4) is 0 Å². The fraction of sp³-hybridized carbons (Fsp3) is 0. The van der Waals surface area contributed by atoms with Crippen molar-refractivity contribution in [3.05, 3.63) is 170 Å². The molecule has 0 N–H and O–H groups in total. The standard InChI is InChI=1S/C48H28N4/c1-2-14-33(15-3-1)51-44-23-22-31(25-37(44)38-24-29-12-4-5-13-30(29)28-45(38)51)32-26-39-34-16-6-7-18-36(34)46-48(50-42-20-10-9-19-41(42)49-46)52-43-21-11-8-17-35(43)40(27-32)47(39)52/h1-28H. The van der Waals surface area contributed by atoms with Crippen LogP contribution in [0.5, 0.6) is 0 Å². The Morgan fingerprint density at radius 3 is 1.88 bits per heavy atom. The van der Waals surface area contributed by atoms with Gasteiger partial charge in [0.25, 0.3) is 0 Å². The Hall–Kier alpha value is -7.04. The minimum absolute atomic E-state index is 0.867. The molecule has 240 valence electrons. The predicted octanol–water partition coefficient (Wildman–Crippen LogP) is 12.3. The van der Waals surface area contributed by atoms with Crippen LogP contribution in [0.25, 0.3) is 110 Å². The zero-order chi connectivity index (χ0) is 33.9. The molecule has 0 bridgehead atoms. The highest BCUT2D eigenvalue weighted by molar-refractivity contribution is 6.18. The monoisotopic (exact) mass is 660 g/mol. The third-order valence-corrected chi connectivity index (χ3v) is 11.0. The first kappa shape index (κ1) is 27.7. The molecule has 0 spiro atoms. The Bertz CT molecular complexity index is 3290. The van der Waals surface area contributed by atoms with Gasteiger partial charge >= 0.3 is 0 Å². The minimum atomic E-state index is 0.867. The van der Waals surface area contributed by atoms with Crippen LogP contribution in [0.15, 0.2) is 170 Å². The first-order valence-corrected chi connectivity index (χ1v) is 17.8. The van der Waals surface area contributed by atoms with Crippen molar-refractivity contribution >= 4 is 65.4 Å². The number of benzene rings is 8. The normalized spacial score (nSPS) is 12.2. The van der Waals surface area contributed by atoms with E-state index in [1.165, 1.54) is 60.0 Å². The smallest absolute Gasteiger partial charge is 0.165 e. The van der Waals surface area contributed by atoms with E-state index in [9.17, 15) is 0 Å². The van der Waals surface area contributed by atoms with Gasteiger partial charge in [-0.15, -0.1) is 0 Å². The number of hydrogen-bond acceptors (Lipinski definition) is 2.